The summed E-state index contributed by atoms with van der Waals surface area (Å²) in [5.74, 6) is 0. The number of aliphatic hydroxyl groups excluding tert-OH is 2. The lowest BCUT2D eigenvalue weighted by Gasteiger charge is -2.14. The van der Waals surface area contributed by atoms with Crippen molar-refractivity contribution in [3.05, 3.63) is 18.2 Å². The van der Waals surface area contributed by atoms with Crippen LogP contribution in [0.15, 0.2) is 12.5 Å². The molecule has 0 aliphatic carbocycles. The number of nitrogens with one attached hydrogen (secondary N) is 1. The highest BCUT2D eigenvalue weighted by atomic mass is 16.3. The molecule has 2 unspecified atom stereocenters. The molecule has 0 amide bonds. The first-order valence-electron chi connectivity index (χ1n) is 3.80. The second-order valence-corrected chi connectivity index (χ2v) is 2.60. The number of hydrogen-bond acceptors (Lipinski definition) is 4. The standard InChI is InChI=1S/C7H13N3O2/c8-2-1-6(11)7(12)5-3-9-4-10-5/h3-4,6-7,11-12H,1-2,8H2,(H,9,10). The summed E-state index contributed by atoms with van der Waals surface area (Å²) < 4.78 is 0. The Morgan fingerprint density at radius 2 is 2.33 bits per heavy atom. The maximum absolute atomic E-state index is 9.43. The van der Waals surface area contributed by atoms with Crippen molar-refractivity contribution in [1.82, 2.24) is 9.97 Å². The quantitative estimate of drug-likeness (QED) is 0.474. The number of hydrogen-bond donors (Lipinski definition) is 4. The van der Waals surface area contributed by atoms with Crippen molar-refractivity contribution in [3.8, 4) is 0 Å². The number of nitrogens with two attached hydrogens (primary N) is 1. The third kappa shape index (κ3) is 2.04. The number of aromatic nitrogens is 2. The number of aromatic amines is 1. The molecule has 0 spiro atoms. The Balaban J connectivity index is 2.53. The van der Waals surface area contributed by atoms with Crippen LogP contribution in [0.4, 0.5) is 0 Å². The fourth-order valence-electron chi connectivity index (χ4n) is 0.964. The average molecular weight is 171 g/mol. The third-order valence-corrected chi connectivity index (χ3v) is 1.66. The van der Waals surface area contributed by atoms with Crippen LogP contribution >= 0.6 is 0 Å². The number of aliphatic hydroxyl groups is 2. The maximum Gasteiger partial charge on any atom is 0.121 e. The van der Waals surface area contributed by atoms with E-state index in [0.717, 1.165) is 0 Å². The molecule has 0 bridgehead atoms. The van der Waals surface area contributed by atoms with Crippen LogP contribution in [0.5, 0.6) is 0 Å². The molecule has 0 saturated carbocycles. The molecule has 0 saturated heterocycles. The Labute approximate surface area is 70.2 Å². The van der Waals surface area contributed by atoms with E-state index in [-0.39, 0.29) is 0 Å². The molecule has 1 rings (SSSR count). The van der Waals surface area contributed by atoms with Gasteiger partial charge in [-0.2, -0.15) is 0 Å². The van der Waals surface area contributed by atoms with E-state index in [2.05, 4.69) is 9.97 Å². The normalized spacial score (nSPS) is 15.9. The first-order chi connectivity index (χ1) is 5.75. The van der Waals surface area contributed by atoms with E-state index >= 15 is 0 Å². The molecule has 5 N–H and O–H groups in total. The molecule has 1 heterocycles. The van der Waals surface area contributed by atoms with E-state index in [1.165, 1.54) is 12.5 Å². The molecule has 68 valence electrons. The Morgan fingerprint density at radius 3 is 2.83 bits per heavy atom. The molecule has 1 aromatic heterocycles. The minimum absolute atomic E-state index is 0.354. The lowest BCUT2D eigenvalue weighted by Crippen LogP contribution is -2.21. The van der Waals surface area contributed by atoms with Crippen molar-refractivity contribution in [2.24, 2.45) is 5.73 Å². The van der Waals surface area contributed by atoms with E-state index in [0.29, 0.717) is 18.7 Å². The smallest absolute Gasteiger partial charge is 0.121 e. The van der Waals surface area contributed by atoms with Gasteiger partial charge in [0.25, 0.3) is 0 Å². The van der Waals surface area contributed by atoms with Gasteiger partial charge in [-0.1, -0.05) is 0 Å². The molecular formula is C7H13N3O2. The molecule has 0 aromatic carbocycles. The summed E-state index contributed by atoms with van der Waals surface area (Å²) in [6.45, 7) is 0.354. The summed E-state index contributed by atoms with van der Waals surface area (Å²) in [4.78, 5) is 6.44. The zero-order chi connectivity index (χ0) is 8.97. The highest BCUT2D eigenvalue weighted by Crippen LogP contribution is 2.14. The van der Waals surface area contributed by atoms with Gasteiger partial charge in [0.2, 0.25) is 0 Å². The maximum atomic E-state index is 9.43. The first-order valence-corrected chi connectivity index (χ1v) is 3.80. The molecule has 0 fully saturated rings. The molecule has 1 aromatic rings. The van der Waals surface area contributed by atoms with Crippen LogP contribution in [-0.2, 0) is 0 Å². The summed E-state index contributed by atoms with van der Waals surface area (Å²) in [5.41, 5.74) is 5.73. The van der Waals surface area contributed by atoms with Gasteiger partial charge in [-0.15, -0.1) is 0 Å². The molecule has 0 aliphatic rings. The Kier molecular flexibility index (Phi) is 3.21. The second-order valence-electron chi connectivity index (χ2n) is 2.60. The molecule has 2 atom stereocenters. The Hall–Kier alpha value is -0.910. The van der Waals surface area contributed by atoms with Crippen molar-refractivity contribution >= 4 is 0 Å². The Morgan fingerprint density at radius 1 is 1.58 bits per heavy atom. The van der Waals surface area contributed by atoms with Crippen LogP contribution in [0, 0.1) is 0 Å². The lowest BCUT2D eigenvalue weighted by atomic mass is 10.1. The summed E-state index contributed by atoms with van der Waals surface area (Å²) in [6, 6.07) is 0. The lowest BCUT2D eigenvalue weighted by molar-refractivity contribution is 0.0127. The van der Waals surface area contributed by atoms with Crippen molar-refractivity contribution in [3.63, 3.8) is 0 Å². The van der Waals surface area contributed by atoms with Crippen molar-refractivity contribution in [2.75, 3.05) is 6.54 Å². The highest BCUT2D eigenvalue weighted by molar-refractivity contribution is 5.01. The number of rotatable bonds is 4. The van der Waals surface area contributed by atoms with Gasteiger partial charge in [0.05, 0.1) is 24.3 Å². The summed E-state index contributed by atoms with van der Waals surface area (Å²) >= 11 is 0. The zero-order valence-corrected chi connectivity index (χ0v) is 6.64. The minimum atomic E-state index is -0.920. The highest BCUT2D eigenvalue weighted by Gasteiger charge is 2.18. The van der Waals surface area contributed by atoms with Crippen molar-refractivity contribution in [1.29, 1.82) is 0 Å². The molecular weight excluding hydrogens is 158 g/mol. The Bertz CT molecular complexity index is 212. The van der Waals surface area contributed by atoms with Gasteiger partial charge in [-0.05, 0) is 13.0 Å². The van der Waals surface area contributed by atoms with E-state index in [1.807, 2.05) is 0 Å². The van der Waals surface area contributed by atoms with Gasteiger partial charge < -0.3 is 20.9 Å². The molecule has 5 nitrogen and oxygen atoms in total. The predicted molar refractivity (Wildman–Crippen MR) is 43.2 cm³/mol. The molecule has 0 aliphatic heterocycles. The minimum Gasteiger partial charge on any atom is -0.390 e. The summed E-state index contributed by atoms with van der Waals surface area (Å²) in [6.07, 6.45) is 1.56. The van der Waals surface area contributed by atoms with E-state index in [4.69, 9.17) is 5.73 Å². The van der Waals surface area contributed by atoms with E-state index in [9.17, 15) is 10.2 Å². The van der Waals surface area contributed by atoms with Gasteiger partial charge in [0, 0.05) is 0 Å². The van der Waals surface area contributed by atoms with Crippen LogP contribution in [0.2, 0.25) is 0 Å². The number of H-pyrrole nitrogens is 1. The van der Waals surface area contributed by atoms with Gasteiger partial charge in [0.15, 0.2) is 0 Å². The largest absolute Gasteiger partial charge is 0.390 e. The fourth-order valence-corrected chi connectivity index (χ4v) is 0.964. The summed E-state index contributed by atoms with van der Waals surface area (Å²) in [5, 5.41) is 18.7. The predicted octanol–water partition coefficient (Wildman–Crippen LogP) is -0.847. The topological polar surface area (TPSA) is 95.2 Å². The second kappa shape index (κ2) is 4.20. The zero-order valence-electron chi connectivity index (χ0n) is 6.64. The first kappa shape index (κ1) is 9.18. The van der Waals surface area contributed by atoms with E-state index in [1.54, 1.807) is 0 Å². The van der Waals surface area contributed by atoms with Gasteiger partial charge >= 0.3 is 0 Å². The molecule has 0 radical (unpaired) electrons. The number of nitrogens with zero attached hydrogens (tertiary/aromatic N) is 1. The van der Waals surface area contributed by atoms with Crippen LogP contribution < -0.4 is 5.73 Å². The van der Waals surface area contributed by atoms with Gasteiger partial charge in [0.1, 0.15) is 6.10 Å². The van der Waals surface area contributed by atoms with Crippen molar-refractivity contribution in [2.45, 2.75) is 18.6 Å². The van der Waals surface area contributed by atoms with Crippen molar-refractivity contribution < 1.29 is 10.2 Å². The van der Waals surface area contributed by atoms with Gasteiger partial charge in [-0.3, -0.25) is 0 Å². The van der Waals surface area contributed by atoms with Crippen LogP contribution in [0.1, 0.15) is 18.2 Å². The number of imidazole rings is 1. The SMILES string of the molecule is NCCC(O)C(O)c1cnc[nH]1. The fraction of sp³-hybridized carbons (Fsp3) is 0.571. The molecule has 5 heteroatoms. The average Bonchev–Trinajstić information content (AvgIpc) is 2.55. The third-order valence-electron chi connectivity index (χ3n) is 1.66. The van der Waals surface area contributed by atoms with Crippen LogP contribution in [0.25, 0.3) is 0 Å². The van der Waals surface area contributed by atoms with Crippen LogP contribution in [0.3, 0.4) is 0 Å². The van der Waals surface area contributed by atoms with Gasteiger partial charge in [-0.25, -0.2) is 4.98 Å². The van der Waals surface area contributed by atoms with E-state index < -0.39 is 12.2 Å². The summed E-state index contributed by atoms with van der Waals surface area (Å²) in [7, 11) is 0. The molecule has 12 heavy (non-hydrogen) atoms. The van der Waals surface area contributed by atoms with Crippen LogP contribution in [-0.4, -0.2) is 32.8 Å². The monoisotopic (exact) mass is 171 g/mol.